The lowest BCUT2D eigenvalue weighted by Crippen LogP contribution is -2.37. The van der Waals surface area contributed by atoms with E-state index in [0.29, 0.717) is 17.2 Å². The van der Waals surface area contributed by atoms with Gasteiger partial charge in [-0.15, -0.1) is 0 Å². The van der Waals surface area contributed by atoms with Crippen LogP contribution in [0.2, 0.25) is 0 Å². The topological polar surface area (TPSA) is 123 Å². The number of carbonyl (C=O) groups excluding carboxylic acids is 1. The number of carbonyl (C=O) groups is 1. The minimum absolute atomic E-state index is 0.0283. The summed E-state index contributed by atoms with van der Waals surface area (Å²) in [5, 5.41) is 9.01. The number of aromatic nitrogens is 1. The molecular formula is C21H22N4O5S2. The standard InChI is InChI=1S/C21H22N4O5S2/c1-13-4-5-14(2)18(10-13)29-12-20(26)23-21(31)22-16-6-8-17(9-7-16)32(27,28)25-19-11-15(3)30-24-19/h4-11H,12H2,1-3H3,(H,24,25)(H2,22,23,26,31). The van der Waals surface area contributed by atoms with E-state index in [2.05, 4.69) is 20.5 Å². The van der Waals surface area contributed by atoms with E-state index in [0.717, 1.165) is 11.1 Å². The van der Waals surface area contributed by atoms with Crippen LogP contribution < -0.4 is 20.1 Å². The minimum Gasteiger partial charge on any atom is -0.483 e. The quantitative estimate of drug-likeness (QED) is 0.446. The molecule has 0 saturated heterocycles. The van der Waals surface area contributed by atoms with Crippen molar-refractivity contribution in [1.82, 2.24) is 10.5 Å². The van der Waals surface area contributed by atoms with Crippen LogP contribution in [0.3, 0.4) is 0 Å². The molecule has 0 fully saturated rings. The number of hydrogen-bond donors (Lipinski definition) is 3. The van der Waals surface area contributed by atoms with Crippen molar-refractivity contribution < 1.29 is 22.5 Å². The van der Waals surface area contributed by atoms with Gasteiger partial charge in [0.15, 0.2) is 17.5 Å². The van der Waals surface area contributed by atoms with Crippen LogP contribution in [-0.2, 0) is 14.8 Å². The SMILES string of the molecule is Cc1ccc(C)c(OCC(=O)NC(=S)Nc2ccc(S(=O)(=O)Nc3cc(C)on3)cc2)c1. The Labute approximate surface area is 191 Å². The Balaban J connectivity index is 1.52. The van der Waals surface area contributed by atoms with E-state index in [9.17, 15) is 13.2 Å². The molecule has 32 heavy (non-hydrogen) atoms. The van der Waals surface area contributed by atoms with Crippen LogP contribution in [0.5, 0.6) is 5.75 Å². The summed E-state index contributed by atoms with van der Waals surface area (Å²) in [7, 11) is -3.82. The molecule has 1 aromatic heterocycles. The zero-order valence-electron chi connectivity index (χ0n) is 17.6. The minimum atomic E-state index is -3.82. The molecule has 0 spiro atoms. The highest BCUT2D eigenvalue weighted by Crippen LogP contribution is 2.19. The van der Waals surface area contributed by atoms with E-state index in [1.807, 2.05) is 32.0 Å². The Bertz CT molecular complexity index is 1240. The molecule has 0 saturated carbocycles. The Morgan fingerprint density at radius 1 is 1.09 bits per heavy atom. The molecule has 0 aliphatic carbocycles. The molecule has 0 aliphatic heterocycles. The fourth-order valence-corrected chi connectivity index (χ4v) is 3.88. The van der Waals surface area contributed by atoms with Crippen molar-refractivity contribution in [2.24, 2.45) is 0 Å². The normalized spacial score (nSPS) is 11.0. The summed E-state index contributed by atoms with van der Waals surface area (Å²) in [4.78, 5) is 12.1. The number of ether oxygens (including phenoxy) is 1. The molecule has 0 radical (unpaired) electrons. The van der Waals surface area contributed by atoms with Crippen molar-refractivity contribution in [3.8, 4) is 5.75 Å². The van der Waals surface area contributed by atoms with Gasteiger partial charge in [-0.2, -0.15) is 0 Å². The van der Waals surface area contributed by atoms with Gasteiger partial charge in [-0.3, -0.25) is 14.8 Å². The molecule has 0 unspecified atom stereocenters. The third-order valence-corrected chi connectivity index (χ3v) is 5.82. The first-order valence-corrected chi connectivity index (χ1v) is 11.4. The van der Waals surface area contributed by atoms with Gasteiger partial charge in [-0.25, -0.2) is 8.42 Å². The molecule has 0 atom stereocenters. The molecule has 3 rings (SSSR count). The second kappa shape index (κ2) is 9.79. The number of hydrogen-bond acceptors (Lipinski definition) is 7. The Morgan fingerprint density at radius 3 is 2.47 bits per heavy atom. The third kappa shape index (κ3) is 6.28. The number of benzene rings is 2. The molecule has 0 aliphatic rings. The van der Waals surface area contributed by atoms with Crippen molar-refractivity contribution in [2.45, 2.75) is 25.7 Å². The average molecular weight is 475 g/mol. The summed E-state index contributed by atoms with van der Waals surface area (Å²) < 4.78 is 37.6. The summed E-state index contributed by atoms with van der Waals surface area (Å²) in [6.45, 7) is 5.29. The van der Waals surface area contributed by atoms with Gasteiger partial charge in [-0.05, 0) is 74.4 Å². The van der Waals surface area contributed by atoms with Crippen molar-refractivity contribution in [2.75, 3.05) is 16.6 Å². The molecular weight excluding hydrogens is 452 g/mol. The molecule has 3 aromatic rings. The Kier molecular flexibility index (Phi) is 7.11. The predicted octanol–water partition coefficient (Wildman–Crippen LogP) is 3.29. The zero-order valence-corrected chi connectivity index (χ0v) is 19.3. The van der Waals surface area contributed by atoms with Crippen molar-refractivity contribution in [3.63, 3.8) is 0 Å². The first-order valence-electron chi connectivity index (χ1n) is 9.49. The van der Waals surface area contributed by atoms with Crippen LogP contribution in [0.15, 0.2) is 57.9 Å². The van der Waals surface area contributed by atoms with Gasteiger partial charge < -0.3 is 14.6 Å². The van der Waals surface area contributed by atoms with Gasteiger partial charge in [0, 0.05) is 11.8 Å². The van der Waals surface area contributed by atoms with Gasteiger partial charge >= 0.3 is 0 Å². The average Bonchev–Trinajstić information content (AvgIpc) is 3.12. The number of rotatable bonds is 7. The monoisotopic (exact) mass is 474 g/mol. The molecule has 9 nitrogen and oxygen atoms in total. The number of thiocarbonyl (C=S) groups is 1. The summed E-state index contributed by atoms with van der Waals surface area (Å²) >= 11 is 5.14. The molecule has 168 valence electrons. The first kappa shape index (κ1) is 23.2. The van der Waals surface area contributed by atoms with Gasteiger partial charge in [-0.1, -0.05) is 17.3 Å². The molecule has 1 heterocycles. The maximum absolute atomic E-state index is 12.4. The van der Waals surface area contributed by atoms with E-state index in [1.165, 1.54) is 30.3 Å². The van der Waals surface area contributed by atoms with Crippen LogP contribution >= 0.6 is 12.2 Å². The Morgan fingerprint density at radius 2 is 1.81 bits per heavy atom. The van der Waals surface area contributed by atoms with Crippen LogP contribution in [0.4, 0.5) is 11.5 Å². The third-order valence-electron chi connectivity index (χ3n) is 4.24. The summed E-state index contributed by atoms with van der Waals surface area (Å²) in [5.41, 5.74) is 2.45. The molecule has 0 bridgehead atoms. The number of anilines is 2. The summed E-state index contributed by atoms with van der Waals surface area (Å²) in [5.74, 6) is 0.786. The maximum Gasteiger partial charge on any atom is 0.264 e. The smallest absolute Gasteiger partial charge is 0.264 e. The highest BCUT2D eigenvalue weighted by molar-refractivity contribution is 7.92. The number of sulfonamides is 1. The Hall–Kier alpha value is -3.44. The highest BCUT2D eigenvalue weighted by Gasteiger charge is 2.16. The fourth-order valence-electron chi connectivity index (χ4n) is 2.66. The fraction of sp³-hybridized carbons (Fsp3) is 0.190. The van der Waals surface area contributed by atoms with Crippen LogP contribution in [0, 0.1) is 20.8 Å². The van der Waals surface area contributed by atoms with E-state index >= 15 is 0 Å². The van der Waals surface area contributed by atoms with Crippen LogP contribution in [0.1, 0.15) is 16.9 Å². The van der Waals surface area contributed by atoms with E-state index in [-0.39, 0.29) is 22.4 Å². The van der Waals surface area contributed by atoms with Crippen molar-refractivity contribution >= 4 is 44.8 Å². The number of nitrogens with one attached hydrogen (secondary N) is 3. The zero-order chi connectivity index (χ0) is 23.3. The van der Waals surface area contributed by atoms with E-state index in [1.54, 1.807) is 6.92 Å². The maximum atomic E-state index is 12.4. The van der Waals surface area contributed by atoms with Gasteiger partial charge in [0.05, 0.1) is 4.90 Å². The summed E-state index contributed by atoms with van der Waals surface area (Å²) in [6.07, 6.45) is 0. The number of nitrogens with zero attached hydrogens (tertiary/aromatic N) is 1. The van der Waals surface area contributed by atoms with Crippen molar-refractivity contribution in [3.05, 3.63) is 65.4 Å². The number of amides is 1. The van der Waals surface area contributed by atoms with Gasteiger partial charge in [0.2, 0.25) is 0 Å². The lowest BCUT2D eigenvalue weighted by molar-refractivity contribution is -0.121. The molecule has 11 heteroatoms. The summed E-state index contributed by atoms with van der Waals surface area (Å²) in [6, 6.07) is 13.0. The molecule has 2 aromatic carbocycles. The number of aryl methyl sites for hydroxylation is 3. The van der Waals surface area contributed by atoms with Crippen molar-refractivity contribution in [1.29, 1.82) is 0 Å². The second-order valence-corrected chi connectivity index (χ2v) is 9.10. The lowest BCUT2D eigenvalue weighted by Gasteiger charge is -2.12. The van der Waals surface area contributed by atoms with E-state index in [4.69, 9.17) is 21.5 Å². The second-order valence-electron chi connectivity index (χ2n) is 7.01. The largest absolute Gasteiger partial charge is 0.483 e. The highest BCUT2D eigenvalue weighted by atomic mass is 32.2. The van der Waals surface area contributed by atoms with Crippen LogP contribution in [-0.4, -0.2) is 31.2 Å². The predicted molar refractivity (Wildman–Crippen MR) is 124 cm³/mol. The van der Waals surface area contributed by atoms with Crippen LogP contribution in [0.25, 0.3) is 0 Å². The van der Waals surface area contributed by atoms with Gasteiger partial charge in [0.1, 0.15) is 11.5 Å². The first-order chi connectivity index (χ1) is 15.1. The molecule has 3 N–H and O–H groups in total. The van der Waals surface area contributed by atoms with E-state index < -0.39 is 15.9 Å². The van der Waals surface area contributed by atoms with Gasteiger partial charge in [0.25, 0.3) is 15.9 Å². The molecule has 1 amide bonds. The lowest BCUT2D eigenvalue weighted by atomic mass is 10.1.